The topological polar surface area (TPSA) is 0 Å². The molecule has 1 rings (SSSR count). The lowest BCUT2D eigenvalue weighted by Gasteiger charge is -1.98. The van der Waals surface area contributed by atoms with Gasteiger partial charge in [-0.25, -0.2) is 0 Å². The fourth-order valence-electron chi connectivity index (χ4n) is 0.537. The predicted octanol–water partition coefficient (Wildman–Crippen LogP) is 2.52. The van der Waals surface area contributed by atoms with Crippen LogP contribution in [-0.4, -0.2) is 0 Å². The van der Waals surface area contributed by atoms with Crippen LogP contribution in [0.3, 0.4) is 0 Å². The first-order chi connectivity index (χ1) is 3.79. The molecule has 0 unspecified atom stereocenters. The van der Waals surface area contributed by atoms with Gasteiger partial charge in [-0.2, -0.15) is 18.6 Å². The number of halogens is 1. The van der Waals surface area contributed by atoms with Gasteiger partial charge in [-0.05, 0) is 5.02 Å². The quantitative estimate of drug-likeness (QED) is 0.468. The smallest absolute Gasteiger partial charge is 0.0149 e. The van der Waals surface area contributed by atoms with Crippen LogP contribution in [0.2, 0.25) is 5.02 Å². The molecule has 0 fully saturated rings. The zero-order chi connectivity index (χ0) is 5.98. The molecule has 0 saturated heterocycles. The minimum absolute atomic E-state index is 0.748. The van der Waals surface area contributed by atoms with Crippen LogP contribution >= 0.6 is 11.6 Å². The summed E-state index contributed by atoms with van der Waals surface area (Å²) in [5.41, 5.74) is 0.956. The van der Waals surface area contributed by atoms with Gasteiger partial charge in [0.05, 0.1) is 0 Å². The molecule has 0 atom stereocenters. The summed E-state index contributed by atoms with van der Waals surface area (Å²) in [6.45, 7) is 3.70. The van der Waals surface area contributed by atoms with Crippen LogP contribution in [0.4, 0.5) is 0 Å². The zero-order valence-electron chi connectivity index (χ0n) is 4.39. The van der Waals surface area contributed by atoms with Crippen LogP contribution in [0.5, 0.6) is 0 Å². The molecule has 0 nitrogen and oxygen atoms in total. The third kappa shape index (κ3) is 1.17. The maximum atomic E-state index is 5.60. The minimum Gasteiger partial charge on any atom is -0.199 e. The normalized spacial score (nSPS) is 9.12. The van der Waals surface area contributed by atoms with Crippen molar-refractivity contribution in [3.8, 4) is 0 Å². The molecule has 0 N–H and O–H groups in total. The van der Waals surface area contributed by atoms with Crippen LogP contribution in [0.15, 0.2) is 24.3 Å². The van der Waals surface area contributed by atoms with Gasteiger partial charge in [0, 0.05) is 0 Å². The van der Waals surface area contributed by atoms with Crippen molar-refractivity contribution in [3.63, 3.8) is 0 Å². The first-order valence-corrected chi connectivity index (χ1v) is 2.74. The van der Waals surface area contributed by atoms with Crippen molar-refractivity contribution in [2.24, 2.45) is 0 Å². The van der Waals surface area contributed by atoms with E-state index in [0.717, 1.165) is 10.6 Å². The molecule has 1 aromatic rings. The lowest BCUT2D eigenvalue weighted by molar-refractivity contribution is 1.61. The van der Waals surface area contributed by atoms with E-state index in [1.165, 1.54) is 0 Å². The Morgan fingerprint density at radius 3 is 2.50 bits per heavy atom. The third-order valence-corrected chi connectivity index (χ3v) is 1.12. The lowest BCUT2D eigenvalue weighted by atomic mass is 10.2. The second-order valence-electron chi connectivity index (χ2n) is 1.63. The fourth-order valence-corrected chi connectivity index (χ4v) is 0.750. The maximum Gasteiger partial charge on any atom is -0.0149 e. The summed E-state index contributed by atoms with van der Waals surface area (Å²) < 4.78 is 0. The summed E-state index contributed by atoms with van der Waals surface area (Å²) >= 11 is 5.60. The molecular formula is C7H6Cl-. The van der Waals surface area contributed by atoms with Gasteiger partial charge in [0.25, 0.3) is 0 Å². The second kappa shape index (κ2) is 2.10. The maximum absolute atomic E-state index is 5.60. The fraction of sp³-hybridized carbons (Fsp3) is 0. The van der Waals surface area contributed by atoms with E-state index in [1.807, 2.05) is 24.3 Å². The minimum atomic E-state index is 0.748. The highest BCUT2D eigenvalue weighted by Crippen LogP contribution is 2.08. The van der Waals surface area contributed by atoms with Crippen molar-refractivity contribution in [1.29, 1.82) is 0 Å². The van der Waals surface area contributed by atoms with Gasteiger partial charge in [-0.3, -0.25) is 0 Å². The SMILES string of the molecule is [CH2-]c1cccc(Cl)c1. The molecule has 0 aliphatic carbocycles. The van der Waals surface area contributed by atoms with E-state index in [0.29, 0.717) is 0 Å². The summed E-state index contributed by atoms with van der Waals surface area (Å²) in [6.07, 6.45) is 0. The standard InChI is InChI=1S/C7H6Cl/c1-6-3-2-4-7(8)5-6/h2-5H,1H2/q-1. The Morgan fingerprint density at radius 1 is 1.38 bits per heavy atom. The van der Waals surface area contributed by atoms with Crippen molar-refractivity contribution in [1.82, 2.24) is 0 Å². The highest BCUT2D eigenvalue weighted by molar-refractivity contribution is 6.30. The molecule has 8 heavy (non-hydrogen) atoms. The molecule has 0 heterocycles. The van der Waals surface area contributed by atoms with E-state index >= 15 is 0 Å². The molecule has 0 aromatic heterocycles. The van der Waals surface area contributed by atoms with Gasteiger partial charge in [0.2, 0.25) is 0 Å². The first kappa shape index (κ1) is 5.52. The largest absolute Gasteiger partial charge is 0.199 e. The highest BCUT2D eigenvalue weighted by atomic mass is 35.5. The molecule has 0 aliphatic heterocycles. The van der Waals surface area contributed by atoms with E-state index in [-0.39, 0.29) is 0 Å². The molecule has 1 aromatic carbocycles. The van der Waals surface area contributed by atoms with Crippen molar-refractivity contribution < 1.29 is 0 Å². The Bertz CT molecular complexity index is 164. The summed E-state index contributed by atoms with van der Waals surface area (Å²) in [7, 11) is 0. The summed E-state index contributed by atoms with van der Waals surface area (Å²) in [5.74, 6) is 0. The van der Waals surface area contributed by atoms with Crippen LogP contribution < -0.4 is 0 Å². The molecule has 42 valence electrons. The second-order valence-corrected chi connectivity index (χ2v) is 2.07. The number of hydrogen-bond donors (Lipinski definition) is 0. The van der Waals surface area contributed by atoms with E-state index < -0.39 is 0 Å². The Labute approximate surface area is 54.1 Å². The average Bonchev–Trinajstić information content (AvgIpc) is 1.64. The van der Waals surface area contributed by atoms with Gasteiger partial charge in [-0.15, -0.1) is 12.1 Å². The average molecular weight is 126 g/mol. The zero-order valence-corrected chi connectivity index (χ0v) is 5.15. The molecule has 0 amide bonds. The van der Waals surface area contributed by atoms with Gasteiger partial charge in [-0.1, -0.05) is 17.7 Å². The predicted molar refractivity (Wildman–Crippen MR) is 35.9 cm³/mol. The van der Waals surface area contributed by atoms with Crippen molar-refractivity contribution in [2.45, 2.75) is 0 Å². The van der Waals surface area contributed by atoms with Gasteiger partial charge in [0.1, 0.15) is 0 Å². The lowest BCUT2D eigenvalue weighted by Crippen LogP contribution is -1.66. The van der Waals surface area contributed by atoms with Gasteiger partial charge < -0.3 is 0 Å². The first-order valence-electron chi connectivity index (χ1n) is 2.36. The number of hydrogen-bond acceptors (Lipinski definition) is 0. The van der Waals surface area contributed by atoms with Crippen molar-refractivity contribution in [3.05, 3.63) is 41.8 Å². The highest BCUT2D eigenvalue weighted by Gasteiger charge is 1.74. The van der Waals surface area contributed by atoms with Crippen LogP contribution in [-0.2, 0) is 0 Å². The van der Waals surface area contributed by atoms with E-state index in [9.17, 15) is 0 Å². The monoisotopic (exact) mass is 125 g/mol. The molecule has 0 saturated carbocycles. The summed E-state index contributed by atoms with van der Waals surface area (Å²) in [5, 5.41) is 0.748. The molecule has 0 spiro atoms. The van der Waals surface area contributed by atoms with Crippen molar-refractivity contribution >= 4 is 11.6 Å². The van der Waals surface area contributed by atoms with Gasteiger partial charge >= 0.3 is 0 Å². The van der Waals surface area contributed by atoms with Crippen molar-refractivity contribution in [2.75, 3.05) is 0 Å². The van der Waals surface area contributed by atoms with Crippen LogP contribution in [0, 0.1) is 6.92 Å². The summed E-state index contributed by atoms with van der Waals surface area (Å²) in [6, 6.07) is 7.44. The van der Waals surface area contributed by atoms with Crippen LogP contribution in [0.25, 0.3) is 0 Å². The Kier molecular flexibility index (Phi) is 1.45. The van der Waals surface area contributed by atoms with E-state index in [4.69, 9.17) is 11.6 Å². The molecule has 0 aliphatic rings. The molecule has 1 heteroatoms. The Hall–Kier alpha value is -0.620. The Balaban J connectivity index is 3.08. The number of benzene rings is 1. The summed E-state index contributed by atoms with van der Waals surface area (Å²) in [4.78, 5) is 0. The Morgan fingerprint density at radius 2 is 2.12 bits per heavy atom. The van der Waals surface area contributed by atoms with Gasteiger partial charge in [0.15, 0.2) is 0 Å². The molecular weight excluding hydrogens is 120 g/mol. The van der Waals surface area contributed by atoms with E-state index in [1.54, 1.807) is 0 Å². The third-order valence-electron chi connectivity index (χ3n) is 0.889. The number of rotatable bonds is 0. The van der Waals surface area contributed by atoms with Crippen LogP contribution in [0.1, 0.15) is 5.56 Å². The molecule has 0 radical (unpaired) electrons. The van der Waals surface area contributed by atoms with E-state index in [2.05, 4.69) is 6.92 Å². The molecule has 0 bridgehead atoms.